The summed E-state index contributed by atoms with van der Waals surface area (Å²) in [6.07, 6.45) is 3.50. The van der Waals surface area contributed by atoms with Gasteiger partial charge < -0.3 is 14.5 Å². The molecule has 1 aromatic carbocycles. The number of aromatic nitrogens is 2. The minimum Gasteiger partial charge on any atom is -0.494 e. The van der Waals surface area contributed by atoms with Gasteiger partial charge in [-0.15, -0.1) is 0 Å². The van der Waals surface area contributed by atoms with Crippen molar-refractivity contribution in [2.24, 2.45) is 0 Å². The molecule has 0 bridgehead atoms. The number of nitrogens with zero attached hydrogens (tertiary/aromatic N) is 4. The molecule has 0 radical (unpaired) electrons. The van der Waals surface area contributed by atoms with Crippen molar-refractivity contribution in [1.82, 2.24) is 9.97 Å². The van der Waals surface area contributed by atoms with E-state index in [0.717, 1.165) is 37.8 Å². The van der Waals surface area contributed by atoms with Gasteiger partial charge in [0.25, 0.3) is 0 Å². The van der Waals surface area contributed by atoms with E-state index in [2.05, 4.69) is 19.8 Å². The molecule has 1 saturated heterocycles. The van der Waals surface area contributed by atoms with Crippen LogP contribution in [-0.2, 0) is 0 Å². The lowest BCUT2D eigenvalue weighted by atomic mass is 10.2. The number of methoxy groups -OCH3 is 1. The van der Waals surface area contributed by atoms with Gasteiger partial charge in [0.05, 0.1) is 12.8 Å². The number of rotatable bonds is 3. The number of piperazine rings is 1. The molecule has 3 rings (SSSR count). The molecule has 0 saturated carbocycles. The van der Waals surface area contributed by atoms with E-state index in [4.69, 9.17) is 4.74 Å². The minimum atomic E-state index is -0.285. The molecule has 6 heteroatoms. The van der Waals surface area contributed by atoms with E-state index in [1.165, 1.54) is 12.1 Å². The molecule has 0 atom stereocenters. The maximum absolute atomic E-state index is 13.3. The van der Waals surface area contributed by atoms with E-state index < -0.39 is 0 Å². The SMILES string of the molecule is COc1cc(F)ccc1N1CCN(c2ncccn2)CC1. The lowest BCUT2D eigenvalue weighted by molar-refractivity contribution is 0.410. The number of anilines is 2. The van der Waals surface area contributed by atoms with Crippen LogP contribution in [0.25, 0.3) is 0 Å². The van der Waals surface area contributed by atoms with Crippen LogP contribution in [0.15, 0.2) is 36.7 Å². The van der Waals surface area contributed by atoms with Crippen molar-refractivity contribution in [2.75, 3.05) is 43.1 Å². The molecule has 2 aromatic rings. The molecule has 1 aromatic heterocycles. The molecule has 0 aliphatic carbocycles. The average Bonchev–Trinajstić information content (AvgIpc) is 2.56. The van der Waals surface area contributed by atoms with E-state index in [1.54, 1.807) is 25.6 Å². The maximum atomic E-state index is 13.3. The molecule has 21 heavy (non-hydrogen) atoms. The summed E-state index contributed by atoms with van der Waals surface area (Å²) in [4.78, 5) is 12.9. The van der Waals surface area contributed by atoms with Crippen molar-refractivity contribution >= 4 is 11.6 Å². The zero-order valence-electron chi connectivity index (χ0n) is 11.9. The number of benzene rings is 1. The third-order valence-electron chi connectivity index (χ3n) is 3.60. The monoisotopic (exact) mass is 288 g/mol. The van der Waals surface area contributed by atoms with Crippen molar-refractivity contribution in [1.29, 1.82) is 0 Å². The van der Waals surface area contributed by atoms with Gasteiger partial charge in [0, 0.05) is 44.6 Å². The normalized spacial score (nSPS) is 15.1. The lowest BCUT2D eigenvalue weighted by Gasteiger charge is -2.36. The summed E-state index contributed by atoms with van der Waals surface area (Å²) in [5.74, 6) is 1.04. The zero-order valence-corrected chi connectivity index (χ0v) is 11.9. The fourth-order valence-corrected chi connectivity index (χ4v) is 2.51. The maximum Gasteiger partial charge on any atom is 0.225 e. The van der Waals surface area contributed by atoms with Crippen molar-refractivity contribution in [2.45, 2.75) is 0 Å². The summed E-state index contributed by atoms with van der Waals surface area (Å²) in [5, 5.41) is 0. The molecule has 1 aliphatic heterocycles. The van der Waals surface area contributed by atoms with Crippen molar-refractivity contribution in [3.05, 3.63) is 42.5 Å². The van der Waals surface area contributed by atoms with Gasteiger partial charge in [-0.3, -0.25) is 0 Å². The Bertz CT molecular complexity index is 600. The van der Waals surface area contributed by atoms with Crippen LogP contribution in [0, 0.1) is 5.82 Å². The number of hydrogen-bond donors (Lipinski definition) is 0. The highest BCUT2D eigenvalue weighted by Gasteiger charge is 2.21. The van der Waals surface area contributed by atoms with E-state index in [0.29, 0.717) is 5.75 Å². The van der Waals surface area contributed by atoms with Crippen LogP contribution in [-0.4, -0.2) is 43.3 Å². The van der Waals surface area contributed by atoms with Crippen molar-refractivity contribution in [3.8, 4) is 5.75 Å². The Morgan fingerprint density at radius 2 is 1.71 bits per heavy atom. The molecular weight excluding hydrogens is 271 g/mol. The van der Waals surface area contributed by atoms with Gasteiger partial charge in [-0.2, -0.15) is 0 Å². The first kappa shape index (κ1) is 13.6. The summed E-state index contributed by atoms with van der Waals surface area (Å²) >= 11 is 0. The molecule has 0 amide bonds. The fraction of sp³-hybridized carbons (Fsp3) is 0.333. The molecule has 0 N–H and O–H groups in total. The van der Waals surface area contributed by atoms with Gasteiger partial charge in [-0.25, -0.2) is 14.4 Å². The van der Waals surface area contributed by atoms with E-state index >= 15 is 0 Å². The first-order valence-corrected chi connectivity index (χ1v) is 6.88. The van der Waals surface area contributed by atoms with Gasteiger partial charge >= 0.3 is 0 Å². The van der Waals surface area contributed by atoms with Crippen molar-refractivity contribution in [3.63, 3.8) is 0 Å². The van der Waals surface area contributed by atoms with E-state index in [1.807, 2.05) is 6.07 Å². The van der Waals surface area contributed by atoms with Gasteiger partial charge in [0.2, 0.25) is 5.95 Å². The van der Waals surface area contributed by atoms with Crippen LogP contribution in [0.3, 0.4) is 0 Å². The topological polar surface area (TPSA) is 41.5 Å². The predicted molar refractivity (Wildman–Crippen MR) is 79.4 cm³/mol. The quantitative estimate of drug-likeness (QED) is 0.863. The highest BCUT2D eigenvalue weighted by Crippen LogP contribution is 2.29. The smallest absolute Gasteiger partial charge is 0.225 e. The van der Waals surface area contributed by atoms with Crippen molar-refractivity contribution < 1.29 is 9.13 Å². The number of hydrogen-bond acceptors (Lipinski definition) is 5. The minimum absolute atomic E-state index is 0.285. The Labute approximate surface area is 123 Å². The molecule has 1 aliphatic rings. The van der Waals surface area contributed by atoms with E-state index in [9.17, 15) is 4.39 Å². The number of ether oxygens (including phenoxy) is 1. The van der Waals surface area contributed by atoms with Crippen LogP contribution < -0.4 is 14.5 Å². The summed E-state index contributed by atoms with van der Waals surface area (Å²) < 4.78 is 18.5. The standard InChI is InChI=1S/C15H17FN4O/c1-21-14-11-12(16)3-4-13(14)19-7-9-20(10-8-19)15-17-5-2-6-18-15/h2-6,11H,7-10H2,1H3. The Kier molecular flexibility index (Phi) is 3.85. The molecule has 110 valence electrons. The van der Waals surface area contributed by atoms with Crippen LogP contribution in [0.4, 0.5) is 16.0 Å². The van der Waals surface area contributed by atoms with Gasteiger partial charge in [0.15, 0.2) is 0 Å². The van der Waals surface area contributed by atoms with Crippen LogP contribution >= 0.6 is 0 Å². The average molecular weight is 288 g/mol. The fourth-order valence-electron chi connectivity index (χ4n) is 2.51. The molecule has 1 fully saturated rings. The Morgan fingerprint density at radius 1 is 1.05 bits per heavy atom. The predicted octanol–water partition coefficient (Wildman–Crippen LogP) is 1.95. The molecule has 0 unspecified atom stereocenters. The molecule has 5 nitrogen and oxygen atoms in total. The summed E-state index contributed by atoms with van der Waals surface area (Å²) in [6.45, 7) is 3.29. The molecular formula is C15H17FN4O. The Balaban J connectivity index is 1.71. The van der Waals surface area contributed by atoms with E-state index in [-0.39, 0.29) is 5.82 Å². The second-order valence-corrected chi connectivity index (χ2v) is 4.84. The molecule has 2 heterocycles. The second kappa shape index (κ2) is 5.95. The summed E-state index contributed by atoms with van der Waals surface area (Å²) in [7, 11) is 1.56. The highest BCUT2D eigenvalue weighted by molar-refractivity contribution is 5.59. The van der Waals surface area contributed by atoms with Crippen LogP contribution in [0.2, 0.25) is 0 Å². The Morgan fingerprint density at radius 3 is 2.38 bits per heavy atom. The van der Waals surface area contributed by atoms with Crippen LogP contribution in [0.1, 0.15) is 0 Å². The summed E-state index contributed by atoms with van der Waals surface area (Å²) in [6, 6.07) is 6.46. The summed E-state index contributed by atoms with van der Waals surface area (Å²) in [5.41, 5.74) is 0.924. The second-order valence-electron chi connectivity index (χ2n) is 4.84. The number of halogens is 1. The first-order valence-electron chi connectivity index (χ1n) is 6.88. The van der Waals surface area contributed by atoms with Gasteiger partial charge in [-0.05, 0) is 18.2 Å². The third-order valence-corrected chi connectivity index (χ3v) is 3.60. The van der Waals surface area contributed by atoms with Crippen LogP contribution in [0.5, 0.6) is 5.75 Å². The highest BCUT2D eigenvalue weighted by atomic mass is 19.1. The lowest BCUT2D eigenvalue weighted by Crippen LogP contribution is -2.47. The zero-order chi connectivity index (χ0) is 14.7. The largest absolute Gasteiger partial charge is 0.494 e. The van der Waals surface area contributed by atoms with Gasteiger partial charge in [0.1, 0.15) is 11.6 Å². The third kappa shape index (κ3) is 2.89. The Hall–Kier alpha value is -2.37. The van der Waals surface area contributed by atoms with Gasteiger partial charge in [-0.1, -0.05) is 0 Å². The first-order chi connectivity index (χ1) is 10.3. The molecule has 0 spiro atoms.